The second kappa shape index (κ2) is 21700. The van der Waals surface area contributed by atoms with Crippen LogP contribution in [0.15, 0.2) is 0 Å². The Kier molecular flexibility index (Phi) is 110000. The summed E-state index contributed by atoms with van der Waals surface area (Å²) in [5.74, 6) is 0. The maximum Gasteiger partial charge on any atom is 0 e. The summed E-state index contributed by atoms with van der Waals surface area (Å²) in [6.07, 6.45) is 0. The fourth-order valence-electron chi connectivity index (χ4n) is 0. The van der Waals surface area contributed by atoms with Gasteiger partial charge in [0, 0.05) is 61.4 Å². The molecule has 0 N–H and O–H groups in total. The molecule has 0 unspecified atom stereocenters. The van der Waals surface area contributed by atoms with E-state index in [1.807, 2.05) is 0 Å². The average Bonchev–Trinajstić information content (AvgIpc) is 2.71. The van der Waals surface area contributed by atoms with E-state index in [2.05, 4.69) is 66.5 Å². The van der Waals surface area contributed by atoms with E-state index < -0.39 is 0 Å². The third-order valence-electron chi connectivity index (χ3n) is 0. The van der Waals surface area contributed by atoms with Crippen molar-refractivity contribution in [3.63, 3.8) is 0 Å². The molecule has 0 saturated carbocycles. The Bertz CT molecular complexity index is 183. The van der Waals surface area contributed by atoms with Crippen molar-refractivity contribution in [2.24, 2.45) is 0 Å². The zero-order valence-corrected chi connectivity index (χ0v) is 16.9. The van der Waals surface area contributed by atoms with Crippen molar-refractivity contribution < 1.29 is 108 Å². The van der Waals surface area contributed by atoms with Gasteiger partial charge in [0.15, 0.2) is 0 Å². The molecular weight excluding hydrogens is 502 g/mol. The van der Waals surface area contributed by atoms with E-state index in [1.165, 1.54) is 0 Å². The number of rotatable bonds is 0. The van der Waals surface area contributed by atoms with Gasteiger partial charge in [-0.3, -0.25) is 0 Å². The molecule has 116 valence electrons. The van der Waals surface area contributed by atoms with Gasteiger partial charge < -0.3 is 0 Å². The Balaban J connectivity index is -0.00000000433. The van der Waals surface area contributed by atoms with Gasteiger partial charge in [-0.15, -0.1) is 0 Å². The minimum atomic E-state index is 0. The van der Waals surface area contributed by atoms with Crippen molar-refractivity contribution in [1.29, 1.82) is 0 Å². The van der Waals surface area contributed by atoms with Crippen LogP contribution in [0.2, 0.25) is 0 Å². The first-order valence-corrected chi connectivity index (χ1v) is 2.04. The molecule has 0 spiro atoms. The molecule has 10 nitrogen and oxygen atoms in total. The summed E-state index contributed by atoms with van der Waals surface area (Å²) in [4.78, 5) is 0. The molecule has 13 heteroatoms. The van der Waals surface area contributed by atoms with Crippen LogP contribution >= 0.6 is 0 Å². The second-order valence-electron chi connectivity index (χ2n) is 0. The van der Waals surface area contributed by atoms with E-state index in [4.69, 9.17) is 46.5 Å². The fraction of sp³-hybridized carbons (Fsp3) is 0. The van der Waals surface area contributed by atoms with E-state index in [9.17, 15) is 0 Å². The Morgan fingerprint density at radius 3 is 0.217 bits per heavy atom. The van der Waals surface area contributed by atoms with Gasteiger partial charge in [-0.2, -0.15) is 0 Å². The molecule has 0 aliphatic heterocycles. The monoisotopic (exact) mass is 504 g/mol. The summed E-state index contributed by atoms with van der Waals surface area (Å²) in [6.45, 7) is 45.0. The minimum Gasteiger partial charge on any atom is 0 e. The molecule has 0 rings (SSSR count). The van der Waals surface area contributed by atoms with Gasteiger partial charge in [-0.25, -0.2) is 0 Å². The number of hydrogen-bond donors (Lipinski definition) is 0. The van der Waals surface area contributed by atoms with Crippen LogP contribution in [0.1, 0.15) is 0 Å². The largest absolute Gasteiger partial charge is 0 e. The van der Waals surface area contributed by atoms with Crippen LogP contribution in [0.3, 0.4) is 0 Å². The van der Waals surface area contributed by atoms with Gasteiger partial charge in [-0.1, -0.05) is 0 Å². The van der Waals surface area contributed by atoms with Gasteiger partial charge in [0.25, 0.3) is 0 Å². The molecular formula is C10CdMn2O10. The Labute approximate surface area is 173 Å². The molecule has 0 aromatic heterocycles. The molecule has 0 aromatic carbocycles. The maximum absolute atomic E-state index is 7.50. The van der Waals surface area contributed by atoms with Gasteiger partial charge in [-0.05, 0) is 0 Å². The smallest absolute Gasteiger partial charge is 0 e. The SMILES string of the molecule is [C-]#[O+].[C-]#[O+].[C-]#[O+].[C-]#[O+].[C-]#[O+].[C-]#[O+].[C-]#[O+].[C-]#[O+].[C-]#[O+].[C-]#[O+].[Cd].[Mn].[Mn]. The molecule has 0 atom stereocenters. The molecule has 2 radical (unpaired) electrons. The third-order valence-corrected chi connectivity index (χ3v) is 0. The van der Waals surface area contributed by atoms with Crippen LogP contribution in [-0.4, -0.2) is 0 Å². The third kappa shape index (κ3) is 19600. The Morgan fingerprint density at radius 2 is 0.217 bits per heavy atom. The van der Waals surface area contributed by atoms with Crippen LogP contribution in [0.4, 0.5) is 0 Å². The summed E-state index contributed by atoms with van der Waals surface area (Å²) in [7, 11) is 0. The van der Waals surface area contributed by atoms with Crippen molar-refractivity contribution in [1.82, 2.24) is 0 Å². The van der Waals surface area contributed by atoms with Crippen molar-refractivity contribution in [2.45, 2.75) is 0 Å². The van der Waals surface area contributed by atoms with Gasteiger partial charge in [0.2, 0.25) is 0 Å². The Hall–Kier alpha value is -0.639. The average molecular weight is 502 g/mol. The van der Waals surface area contributed by atoms with E-state index in [1.54, 1.807) is 0 Å². The summed E-state index contributed by atoms with van der Waals surface area (Å²) in [6, 6.07) is 0. The summed E-state index contributed by atoms with van der Waals surface area (Å²) in [5, 5.41) is 0. The predicted molar refractivity (Wildman–Crippen MR) is 39.3 cm³/mol. The minimum absolute atomic E-state index is 0. The van der Waals surface area contributed by atoms with Crippen LogP contribution < -0.4 is 0 Å². The number of hydrogen-bond acceptors (Lipinski definition) is 0. The van der Waals surface area contributed by atoms with Crippen LogP contribution in [0, 0.1) is 66.5 Å². The molecule has 0 bridgehead atoms. The van der Waals surface area contributed by atoms with E-state index >= 15 is 0 Å². The van der Waals surface area contributed by atoms with Crippen molar-refractivity contribution in [3.05, 3.63) is 66.5 Å². The molecule has 0 aliphatic rings. The molecule has 0 amide bonds. The van der Waals surface area contributed by atoms with Crippen LogP contribution in [0.5, 0.6) is 0 Å². The van der Waals surface area contributed by atoms with Crippen LogP contribution in [0.25, 0.3) is 0 Å². The predicted octanol–water partition coefficient (Wildman–Crippen LogP) is -0.383. The van der Waals surface area contributed by atoms with Gasteiger partial charge in [0.05, 0.1) is 0 Å². The molecule has 0 aromatic rings. The summed E-state index contributed by atoms with van der Waals surface area (Å²) >= 11 is 0. The fourth-order valence-corrected chi connectivity index (χ4v) is 0. The van der Waals surface area contributed by atoms with Gasteiger partial charge in [0.1, 0.15) is 0 Å². The normalized spacial score (nSPS) is 0.870. The molecule has 0 fully saturated rings. The molecule has 0 aliphatic carbocycles. The summed E-state index contributed by atoms with van der Waals surface area (Å²) < 4.78 is 75.0. The van der Waals surface area contributed by atoms with Crippen molar-refractivity contribution in [3.8, 4) is 0 Å². The molecule has 23 heavy (non-hydrogen) atoms. The second-order valence-corrected chi connectivity index (χ2v) is 0. The quantitative estimate of drug-likeness (QED) is 0.236. The Morgan fingerprint density at radius 1 is 0.217 bits per heavy atom. The van der Waals surface area contributed by atoms with Crippen LogP contribution in [-0.2, 0) is 108 Å². The topological polar surface area (TPSA) is 199 Å². The van der Waals surface area contributed by atoms with E-state index in [-0.39, 0.29) is 61.4 Å². The van der Waals surface area contributed by atoms with Crippen molar-refractivity contribution >= 4 is 0 Å². The maximum atomic E-state index is 7.50. The van der Waals surface area contributed by atoms with Crippen molar-refractivity contribution in [2.75, 3.05) is 0 Å². The van der Waals surface area contributed by atoms with Gasteiger partial charge >= 0.3 is 113 Å². The first kappa shape index (κ1) is 116. The standard InChI is InChI=1S/10CO.Cd.2Mn/c10*1-2;;;. The van der Waals surface area contributed by atoms with E-state index in [0.29, 0.717) is 0 Å². The zero-order chi connectivity index (χ0) is 20.0. The zero-order valence-electron chi connectivity index (χ0n) is 10.5. The first-order chi connectivity index (χ1) is 10.0. The summed E-state index contributed by atoms with van der Waals surface area (Å²) in [5.41, 5.74) is 0. The molecule has 0 heterocycles. The van der Waals surface area contributed by atoms with E-state index in [0.717, 1.165) is 0 Å². The molecule has 0 saturated heterocycles. The first-order valence-electron chi connectivity index (χ1n) is 2.04.